The van der Waals surface area contributed by atoms with Crippen LogP contribution >= 0.6 is 0 Å². The number of aromatic nitrogens is 4. The number of rotatable bonds is 4. The summed E-state index contributed by atoms with van der Waals surface area (Å²) < 4.78 is 11.4. The molecule has 7 rings (SSSR count). The summed E-state index contributed by atoms with van der Waals surface area (Å²) in [6, 6.07) is 14.9. The Morgan fingerprint density at radius 1 is 0.755 bits per heavy atom. The summed E-state index contributed by atoms with van der Waals surface area (Å²) in [5.41, 5.74) is 7.62. The Labute approximate surface area is 288 Å². The van der Waals surface area contributed by atoms with Crippen LogP contribution in [0.15, 0.2) is 48.7 Å². The number of hydrogen-bond donors (Lipinski definition) is 2. The van der Waals surface area contributed by atoms with Crippen molar-refractivity contribution < 1.29 is 19.1 Å². The Bertz CT molecular complexity index is 1860. The molecule has 4 aromatic rings. The first kappa shape index (κ1) is 32.9. The van der Waals surface area contributed by atoms with E-state index in [-0.39, 0.29) is 24.3 Å². The molecular weight excluding hydrogens is 616 g/mol. The lowest BCUT2D eigenvalue weighted by atomic mass is 9.95. The quantitative estimate of drug-likeness (QED) is 0.225. The summed E-state index contributed by atoms with van der Waals surface area (Å²) in [5, 5.41) is 0. The third kappa shape index (κ3) is 6.96. The van der Waals surface area contributed by atoms with Gasteiger partial charge in [0.1, 0.15) is 22.9 Å². The molecular formula is C39H48N6O4. The molecule has 0 radical (unpaired) electrons. The van der Waals surface area contributed by atoms with Crippen LogP contribution in [-0.2, 0) is 22.3 Å². The molecule has 10 nitrogen and oxygen atoms in total. The summed E-state index contributed by atoms with van der Waals surface area (Å²) in [7, 11) is 0. The lowest BCUT2D eigenvalue weighted by Crippen LogP contribution is -2.36. The zero-order chi connectivity index (χ0) is 34.5. The van der Waals surface area contributed by atoms with E-state index >= 15 is 0 Å². The third-order valence-corrected chi connectivity index (χ3v) is 9.51. The summed E-state index contributed by atoms with van der Waals surface area (Å²) in [5.74, 6) is 1.64. The zero-order valence-electron chi connectivity index (χ0n) is 29.6. The van der Waals surface area contributed by atoms with Gasteiger partial charge in [-0.05, 0) is 109 Å². The molecule has 1 aliphatic carbocycles. The maximum absolute atomic E-state index is 13.0. The Morgan fingerprint density at radius 2 is 1.39 bits per heavy atom. The summed E-state index contributed by atoms with van der Waals surface area (Å²) in [6.45, 7) is 12.7. The Balaban J connectivity index is 1.11. The SMILES string of the molecule is CC(C)(C)OC(=O)N1CCC[C@H]1c1nc(-c2cccc(-c3ccc4c(c3)CCCc3[nH]c([C@@H]5CCCN5C(=O)OC(C)(C)C)nc3-4)c2)c[nH]1. The van der Waals surface area contributed by atoms with Gasteiger partial charge in [0.25, 0.3) is 0 Å². The molecule has 0 saturated carbocycles. The van der Waals surface area contributed by atoms with Crippen LogP contribution in [0.1, 0.15) is 109 Å². The first-order valence-corrected chi connectivity index (χ1v) is 17.7. The molecule has 3 aliphatic rings. The molecule has 2 saturated heterocycles. The maximum atomic E-state index is 13.0. The van der Waals surface area contributed by atoms with Crippen LogP contribution < -0.4 is 0 Å². The van der Waals surface area contributed by atoms with E-state index in [1.807, 2.05) is 52.6 Å². The second-order valence-electron chi connectivity index (χ2n) is 15.6. The van der Waals surface area contributed by atoms with Gasteiger partial charge in [-0.2, -0.15) is 0 Å². The van der Waals surface area contributed by atoms with Crippen molar-refractivity contribution in [2.24, 2.45) is 0 Å². The van der Waals surface area contributed by atoms with E-state index in [1.165, 1.54) is 5.56 Å². The first-order chi connectivity index (χ1) is 23.3. The van der Waals surface area contributed by atoms with Crippen molar-refractivity contribution in [1.29, 1.82) is 0 Å². The summed E-state index contributed by atoms with van der Waals surface area (Å²) in [4.78, 5) is 46.6. The number of aryl methyl sites for hydroxylation is 2. The third-order valence-electron chi connectivity index (χ3n) is 9.51. The van der Waals surface area contributed by atoms with Gasteiger partial charge in [0.15, 0.2) is 0 Å². The van der Waals surface area contributed by atoms with E-state index in [9.17, 15) is 9.59 Å². The number of fused-ring (bicyclic) bond motifs is 3. The van der Waals surface area contributed by atoms with Crippen LogP contribution in [0.2, 0.25) is 0 Å². The molecule has 0 bridgehead atoms. The lowest BCUT2D eigenvalue weighted by molar-refractivity contribution is 0.0208. The summed E-state index contributed by atoms with van der Waals surface area (Å²) >= 11 is 0. The van der Waals surface area contributed by atoms with Gasteiger partial charge in [0, 0.05) is 36.1 Å². The van der Waals surface area contributed by atoms with E-state index < -0.39 is 11.2 Å². The standard InChI is InChI=1S/C39H48N6O4/c1-38(2,3)48-36(46)44-19-9-15-31(44)34-40-23-30(42-34)27-13-7-11-24(22-27)25-17-18-28-26(21-25)12-8-14-29-33(28)43-35(41-29)32-16-10-20-45(32)37(47)49-39(4,5)6/h7,11,13,17-18,21-23,31-32H,8-10,12,14-16,19-20H2,1-6H3,(H,40,42)(H,41,43)/t31-,32-/m0/s1. The van der Waals surface area contributed by atoms with Crippen molar-refractivity contribution in [3.05, 3.63) is 71.6 Å². The molecule has 2 N–H and O–H groups in total. The number of carbonyl (C=O) groups excluding carboxylic acids is 2. The minimum atomic E-state index is -0.543. The van der Waals surface area contributed by atoms with Crippen molar-refractivity contribution in [1.82, 2.24) is 29.7 Å². The van der Waals surface area contributed by atoms with E-state index in [4.69, 9.17) is 19.4 Å². The average Bonchev–Trinajstić information content (AvgIpc) is 3.84. The van der Waals surface area contributed by atoms with Crippen LogP contribution in [0.5, 0.6) is 0 Å². The maximum Gasteiger partial charge on any atom is 0.410 e. The van der Waals surface area contributed by atoms with E-state index in [1.54, 1.807) is 4.90 Å². The van der Waals surface area contributed by atoms with Gasteiger partial charge >= 0.3 is 12.2 Å². The Kier molecular flexibility index (Phi) is 8.53. The van der Waals surface area contributed by atoms with Crippen molar-refractivity contribution in [2.45, 2.75) is 110 Å². The van der Waals surface area contributed by atoms with Crippen LogP contribution in [0, 0.1) is 0 Å². The van der Waals surface area contributed by atoms with Crippen LogP contribution in [0.4, 0.5) is 9.59 Å². The van der Waals surface area contributed by atoms with Gasteiger partial charge in [-0.15, -0.1) is 0 Å². The number of benzene rings is 2. The molecule has 2 atom stereocenters. The highest BCUT2D eigenvalue weighted by Crippen LogP contribution is 2.39. The van der Waals surface area contributed by atoms with Gasteiger partial charge in [-0.1, -0.05) is 36.4 Å². The molecule has 2 aromatic heterocycles. The van der Waals surface area contributed by atoms with E-state index in [2.05, 4.69) is 52.4 Å². The number of aromatic amines is 2. The average molecular weight is 665 g/mol. The second-order valence-corrected chi connectivity index (χ2v) is 15.6. The number of nitrogens with one attached hydrogen (secondary N) is 2. The van der Waals surface area contributed by atoms with Crippen molar-refractivity contribution in [3.8, 4) is 33.6 Å². The molecule has 4 heterocycles. The van der Waals surface area contributed by atoms with E-state index in [0.717, 1.165) is 95.9 Å². The number of H-pyrrole nitrogens is 2. The number of nitrogens with zero attached hydrogens (tertiary/aromatic N) is 4. The number of ether oxygens (including phenoxy) is 2. The predicted octanol–water partition coefficient (Wildman–Crippen LogP) is 8.77. The smallest absolute Gasteiger partial charge is 0.410 e. The molecule has 0 spiro atoms. The highest BCUT2D eigenvalue weighted by molar-refractivity contribution is 5.77. The Morgan fingerprint density at radius 3 is 2.06 bits per heavy atom. The molecule has 2 amide bonds. The van der Waals surface area contributed by atoms with Gasteiger partial charge in [0.2, 0.25) is 0 Å². The molecule has 0 unspecified atom stereocenters. The fourth-order valence-corrected chi connectivity index (χ4v) is 7.35. The van der Waals surface area contributed by atoms with Gasteiger partial charge in [-0.3, -0.25) is 9.80 Å². The number of amides is 2. The predicted molar refractivity (Wildman–Crippen MR) is 189 cm³/mol. The van der Waals surface area contributed by atoms with Crippen LogP contribution in [0.25, 0.3) is 33.6 Å². The number of hydrogen-bond acceptors (Lipinski definition) is 6. The van der Waals surface area contributed by atoms with Crippen molar-refractivity contribution in [3.63, 3.8) is 0 Å². The lowest BCUT2D eigenvalue weighted by Gasteiger charge is -2.27. The molecule has 258 valence electrons. The second kappa shape index (κ2) is 12.7. The molecule has 2 aliphatic heterocycles. The molecule has 2 aromatic carbocycles. The van der Waals surface area contributed by atoms with E-state index in [0.29, 0.717) is 13.1 Å². The van der Waals surface area contributed by atoms with Crippen LogP contribution in [0.3, 0.4) is 0 Å². The number of carbonyl (C=O) groups is 2. The minimum absolute atomic E-state index is 0.108. The normalized spacial score (nSPS) is 19.4. The highest BCUT2D eigenvalue weighted by atomic mass is 16.6. The fourth-order valence-electron chi connectivity index (χ4n) is 7.35. The summed E-state index contributed by atoms with van der Waals surface area (Å²) in [6.07, 6.45) is 7.82. The van der Waals surface area contributed by atoms with Gasteiger partial charge in [-0.25, -0.2) is 19.6 Å². The highest BCUT2D eigenvalue weighted by Gasteiger charge is 2.37. The number of likely N-dealkylation sites (tertiary alicyclic amines) is 2. The van der Waals surface area contributed by atoms with Gasteiger partial charge < -0.3 is 19.4 Å². The minimum Gasteiger partial charge on any atom is -0.444 e. The number of imidazole rings is 2. The largest absolute Gasteiger partial charge is 0.444 e. The molecule has 10 heteroatoms. The molecule has 2 fully saturated rings. The van der Waals surface area contributed by atoms with Crippen LogP contribution in [-0.4, -0.2) is 66.2 Å². The fraction of sp³-hybridized carbons (Fsp3) is 0.487. The van der Waals surface area contributed by atoms with Gasteiger partial charge in [0.05, 0.1) is 23.5 Å². The topological polar surface area (TPSA) is 116 Å². The first-order valence-electron chi connectivity index (χ1n) is 17.7. The zero-order valence-corrected chi connectivity index (χ0v) is 29.6. The van der Waals surface area contributed by atoms with Crippen molar-refractivity contribution >= 4 is 12.2 Å². The monoisotopic (exact) mass is 664 g/mol. The molecule has 49 heavy (non-hydrogen) atoms. The Hall–Kier alpha value is -4.60. The van der Waals surface area contributed by atoms with Crippen molar-refractivity contribution in [2.75, 3.05) is 13.1 Å².